The normalized spacial score (nSPS) is 10.7. The molecule has 0 aliphatic heterocycles. The van der Waals surface area contributed by atoms with Crippen LogP contribution >= 0.6 is 24.0 Å². The van der Waals surface area contributed by atoms with Crippen LogP contribution in [0.1, 0.15) is 16.7 Å². The van der Waals surface area contributed by atoms with Crippen LogP contribution in [-0.4, -0.2) is 17.6 Å². The molecule has 0 unspecified atom stereocenters. The van der Waals surface area contributed by atoms with Crippen molar-refractivity contribution in [1.29, 1.82) is 0 Å². The second-order valence-corrected chi connectivity index (χ2v) is 6.15. The lowest BCUT2D eigenvalue weighted by Crippen LogP contribution is -2.24. The maximum atomic E-state index is 5.27. The molecule has 2 rings (SSSR count). The predicted octanol–water partition coefficient (Wildman–Crippen LogP) is 4.35. The fourth-order valence-corrected chi connectivity index (χ4v) is 2.57. The molecular weight excluding hydrogens is 310 g/mol. The van der Waals surface area contributed by atoms with Crippen molar-refractivity contribution in [3.8, 4) is 0 Å². The molecule has 3 nitrogen and oxygen atoms in total. The molecular formula is C17H19N3S2. The lowest BCUT2D eigenvalue weighted by molar-refractivity contribution is 1.05. The van der Waals surface area contributed by atoms with E-state index in [1.54, 1.807) is 18.0 Å². The molecule has 2 aromatic carbocycles. The van der Waals surface area contributed by atoms with Crippen LogP contribution in [0.2, 0.25) is 0 Å². The van der Waals surface area contributed by atoms with E-state index < -0.39 is 0 Å². The topological polar surface area (TPSA) is 36.4 Å². The van der Waals surface area contributed by atoms with Gasteiger partial charge in [-0.2, -0.15) is 5.10 Å². The average Bonchev–Trinajstić information content (AvgIpc) is 2.52. The van der Waals surface area contributed by atoms with Crippen LogP contribution in [0.4, 0.5) is 5.69 Å². The second-order valence-electron chi connectivity index (χ2n) is 4.86. The van der Waals surface area contributed by atoms with Crippen molar-refractivity contribution in [1.82, 2.24) is 5.43 Å². The summed E-state index contributed by atoms with van der Waals surface area (Å²) in [5.74, 6) is 0. The molecule has 2 N–H and O–H groups in total. The average molecular weight is 329 g/mol. The Hall–Kier alpha value is -1.85. The largest absolute Gasteiger partial charge is 0.331 e. The van der Waals surface area contributed by atoms with Gasteiger partial charge in [0.1, 0.15) is 0 Å². The molecule has 0 spiro atoms. The number of nitrogens with zero attached hydrogens (tertiary/aromatic N) is 1. The molecule has 5 heteroatoms. The summed E-state index contributed by atoms with van der Waals surface area (Å²) >= 11 is 6.99. The molecule has 0 atom stereocenters. The Morgan fingerprint density at radius 2 is 1.73 bits per heavy atom. The van der Waals surface area contributed by atoms with Crippen LogP contribution in [-0.2, 0) is 0 Å². The highest BCUT2D eigenvalue weighted by Gasteiger charge is 2.03. The second kappa shape index (κ2) is 7.96. The third-order valence-corrected chi connectivity index (χ3v) is 4.15. The number of rotatable bonds is 4. The van der Waals surface area contributed by atoms with Crippen molar-refractivity contribution in [2.45, 2.75) is 18.7 Å². The number of para-hydroxylation sites is 1. The van der Waals surface area contributed by atoms with Gasteiger partial charge in [-0.25, -0.2) is 0 Å². The highest BCUT2D eigenvalue weighted by atomic mass is 32.2. The lowest BCUT2D eigenvalue weighted by atomic mass is 10.1. The third-order valence-electron chi connectivity index (χ3n) is 3.22. The van der Waals surface area contributed by atoms with Crippen LogP contribution in [0.3, 0.4) is 0 Å². The first-order valence-corrected chi connectivity index (χ1v) is 8.54. The summed E-state index contributed by atoms with van der Waals surface area (Å²) < 4.78 is 0. The molecule has 0 bridgehead atoms. The van der Waals surface area contributed by atoms with Crippen molar-refractivity contribution in [3.63, 3.8) is 0 Å². The van der Waals surface area contributed by atoms with E-state index in [1.165, 1.54) is 4.90 Å². The van der Waals surface area contributed by atoms with Gasteiger partial charge in [-0.1, -0.05) is 30.3 Å². The first-order valence-electron chi connectivity index (χ1n) is 6.90. The minimum Gasteiger partial charge on any atom is -0.331 e. The number of hydrogen-bond donors (Lipinski definition) is 2. The number of aryl methyl sites for hydroxylation is 2. The summed E-state index contributed by atoms with van der Waals surface area (Å²) in [5.41, 5.74) is 7.21. The number of nitrogens with one attached hydrogen (secondary N) is 2. The maximum Gasteiger partial charge on any atom is 0.191 e. The van der Waals surface area contributed by atoms with Gasteiger partial charge >= 0.3 is 0 Å². The molecule has 0 saturated heterocycles. The molecule has 0 amide bonds. The lowest BCUT2D eigenvalue weighted by Gasteiger charge is -2.12. The number of hydrogen-bond acceptors (Lipinski definition) is 3. The first-order chi connectivity index (χ1) is 10.6. The van der Waals surface area contributed by atoms with E-state index in [0.717, 1.165) is 22.4 Å². The third kappa shape index (κ3) is 4.58. The van der Waals surface area contributed by atoms with Gasteiger partial charge in [0.25, 0.3) is 0 Å². The Morgan fingerprint density at radius 3 is 2.32 bits per heavy atom. The molecule has 114 valence electrons. The molecule has 0 aliphatic rings. The number of anilines is 1. The molecule has 0 heterocycles. The van der Waals surface area contributed by atoms with Gasteiger partial charge in [0.05, 0.1) is 6.21 Å². The monoisotopic (exact) mass is 329 g/mol. The number of thioether (sulfide) groups is 1. The van der Waals surface area contributed by atoms with Crippen LogP contribution in [0.15, 0.2) is 52.5 Å². The van der Waals surface area contributed by atoms with Gasteiger partial charge in [-0.15, -0.1) is 11.8 Å². The Morgan fingerprint density at radius 1 is 1.09 bits per heavy atom. The van der Waals surface area contributed by atoms with Crippen molar-refractivity contribution in [2.24, 2.45) is 5.10 Å². The molecule has 0 aliphatic carbocycles. The van der Waals surface area contributed by atoms with Crippen molar-refractivity contribution < 1.29 is 0 Å². The van der Waals surface area contributed by atoms with E-state index in [0.29, 0.717) is 5.11 Å². The first kappa shape index (κ1) is 16.5. The van der Waals surface area contributed by atoms with E-state index in [-0.39, 0.29) is 0 Å². The molecule has 22 heavy (non-hydrogen) atoms. The van der Waals surface area contributed by atoms with E-state index in [2.05, 4.69) is 60.2 Å². The molecule has 2 aromatic rings. The summed E-state index contributed by atoms with van der Waals surface area (Å²) in [6.07, 6.45) is 3.81. The fraction of sp³-hybridized carbons (Fsp3) is 0.176. The quantitative estimate of drug-likeness (QED) is 0.378. The van der Waals surface area contributed by atoms with Crippen molar-refractivity contribution >= 4 is 41.0 Å². The molecule has 0 radical (unpaired) electrons. The summed E-state index contributed by atoms with van der Waals surface area (Å²) in [7, 11) is 0. The Kier molecular flexibility index (Phi) is 5.98. The van der Waals surface area contributed by atoms with E-state index in [1.807, 2.05) is 18.2 Å². The molecule has 0 saturated carbocycles. The van der Waals surface area contributed by atoms with Gasteiger partial charge in [0, 0.05) is 10.6 Å². The van der Waals surface area contributed by atoms with Gasteiger partial charge in [0.15, 0.2) is 5.11 Å². The SMILES string of the molecule is CSc1ccc(/C=N/NC(=S)Nc2c(C)cccc2C)cc1. The Labute approximate surface area is 141 Å². The number of benzene rings is 2. The van der Waals surface area contributed by atoms with Crippen molar-refractivity contribution in [3.05, 3.63) is 59.2 Å². The minimum absolute atomic E-state index is 0.481. The van der Waals surface area contributed by atoms with Gasteiger partial charge in [-0.3, -0.25) is 5.43 Å². The van der Waals surface area contributed by atoms with Crippen LogP contribution in [0, 0.1) is 13.8 Å². The zero-order chi connectivity index (χ0) is 15.9. The fourth-order valence-electron chi connectivity index (χ4n) is 2.01. The van der Waals surface area contributed by atoms with Gasteiger partial charge in [0.2, 0.25) is 0 Å². The Balaban J connectivity index is 1.93. The number of hydrazone groups is 1. The Bertz CT molecular complexity index is 659. The maximum absolute atomic E-state index is 5.27. The van der Waals surface area contributed by atoms with E-state index in [9.17, 15) is 0 Å². The van der Waals surface area contributed by atoms with Crippen LogP contribution in [0.5, 0.6) is 0 Å². The predicted molar refractivity (Wildman–Crippen MR) is 101 cm³/mol. The van der Waals surface area contributed by atoms with E-state index >= 15 is 0 Å². The zero-order valence-electron chi connectivity index (χ0n) is 12.9. The highest BCUT2D eigenvalue weighted by Crippen LogP contribution is 2.19. The van der Waals surface area contributed by atoms with Gasteiger partial charge < -0.3 is 5.32 Å². The zero-order valence-corrected chi connectivity index (χ0v) is 14.5. The summed E-state index contributed by atoms with van der Waals surface area (Å²) in [6.45, 7) is 4.10. The molecule has 0 fully saturated rings. The van der Waals surface area contributed by atoms with Crippen LogP contribution in [0.25, 0.3) is 0 Å². The molecule has 0 aromatic heterocycles. The summed E-state index contributed by atoms with van der Waals surface area (Å²) in [5, 5.41) is 7.83. The highest BCUT2D eigenvalue weighted by molar-refractivity contribution is 7.98. The standard InChI is InChI=1S/C17H19N3S2/c1-12-5-4-6-13(2)16(12)19-17(21)20-18-11-14-7-9-15(22-3)10-8-14/h4-11H,1-3H3,(H2,19,20,21)/b18-11+. The van der Waals surface area contributed by atoms with Crippen LogP contribution < -0.4 is 10.7 Å². The van der Waals surface area contributed by atoms with Crippen molar-refractivity contribution in [2.75, 3.05) is 11.6 Å². The summed E-state index contributed by atoms with van der Waals surface area (Å²) in [6, 6.07) is 14.3. The minimum atomic E-state index is 0.481. The number of thiocarbonyl (C=S) groups is 1. The summed E-state index contributed by atoms with van der Waals surface area (Å²) in [4.78, 5) is 1.23. The smallest absolute Gasteiger partial charge is 0.191 e. The van der Waals surface area contributed by atoms with Gasteiger partial charge in [-0.05, 0) is 61.1 Å². The van der Waals surface area contributed by atoms with E-state index in [4.69, 9.17) is 12.2 Å².